The number of rotatable bonds is 2. The zero-order chi connectivity index (χ0) is 15.7. The number of aromatic nitrogens is 3. The fourth-order valence-electron chi connectivity index (χ4n) is 2.11. The molecule has 2 aromatic heterocycles. The van der Waals surface area contributed by atoms with Gasteiger partial charge in [0.1, 0.15) is 11.6 Å². The molecule has 3 aromatic rings. The molecule has 0 bridgehead atoms. The topological polar surface area (TPSA) is 71.3 Å². The average Bonchev–Trinajstić information content (AvgIpc) is 2.85. The molecule has 0 atom stereocenters. The second-order valence-corrected chi connectivity index (χ2v) is 4.88. The fourth-order valence-corrected chi connectivity index (χ4v) is 2.11. The van der Waals surface area contributed by atoms with E-state index in [1.807, 2.05) is 6.92 Å². The van der Waals surface area contributed by atoms with Gasteiger partial charge < -0.3 is 10.6 Å². The Morgan fingerprint density at radius 3 is 2.77 bits per heavy atom. The first kappa shape index (κ1) is 14.0. The third-order valence-electron chi connectivity index (χ3n) is 3.35. The van der Waals surface area contributed by atoms with E-state index in [0.717, 1.165) is 5.82 Å². The monoisotopic (exact) mass is 299 g/mol. The van der Waals surface area contributed by atoms with Crippen LogP contribution in [0.3, 0.4) is 0 Å². The zero-order valence-corrected chi connectivity index (χ0v) is 12.1. The number of halogens is 1. The molecular formula is C15H14FN5O. The summed E-state index contributed by atoms with van der Waals surface area (Å²) in [4.78, 5) is 12.0. The molecule has 6 nitrogen and oxygen atoms in total. The number of anilines is 2. The predicted octanol–water partition coefficient (Wildman–Crippen LogP) is 3.13. The molecule has 7 heteroatoms. The van der Waals surface area contributed by atoms with Crippen molar-refractivity contribution in [2.24, 2.45) is 0 Å². The third-order valence-corrected chi connectivity index (χ3v) is 3.35. The van der Waals surface area contributed by atoms with Crippen LogP contribution in [0.15, 0.2) is 36.5 Å². The Bertz CT molecular complexity index is 858. The van der Waals surface area contributed by atoms with E-state index in [4.69, 9.17) is 0 Å². The number of fused-ring (bicyclic) bond motifs is 1. The van der Waals surface area contributed by atoms with Gasteiger partial charge in [0.2, 0.25) is 0 Å². The van der Waals surface area contributed by atoms with Crippen molar-refractivity contribution in [3.8, 4) is 0 Å². The maximum absolute atomic E-state index is 13.5. The summed E-state index contributed by atoms with van der Waals surface area (Å²) in [7, 11) is 0. The SMILES string of the molecule is Cc1c(F)cccc1NC(=O)Nc1ccc2nnc(C)n2c1. The van der Waals surface area contributed by atoms with E-state index < -0.39 is 6.03 Å². The van der Waals surface area contributed by atoms with Crippen LogP contribution in [0.4, 0.5) is 20.6 Å². The molecule has 0 aliphatic carbocycles. The highest BCUT2D eigenvalue weighted by Gasteiger charge is 2.08. The van der Waals surface area contributed by atoms with Crippen molar-refractivity contribution >= 4 is 23.1 Å². The molecular weight excluding hydrogens is 285 g/mol. The first-order valence-electron chi connectivity index (χ1n) is 6.69. The van der Waals surface area contributed by atoms with Gasteiger partial charge in [-0.15, -0.1) is 10.2 Å². The van der Waals surface area contributed by atoms with Gasteiger partial charge in [0, 0.05) is 17.4 Å². The minimum absolute atomic E-state index is 0.362. The standard InChI is InChI=1S/C15H14FN5O/c1-9-12(16)4-3-5-13(9)18-15(22)17-11-6-7-14-20-19-10(2)21(14)8-11/h3-8H,1-2H3,(H2,17,18,22). The van der Waals surface area contributed by atoms with Crippen molar-refractivity contribution in [1.29, 1.82) is 0 Å². The summed E-state index contributed by atoms with van der Waals surface area (Å²) in [5, 5.41) is 13.2. The maximum Gasteiger partial charge on any atom is 0.323 e. The van der Waals surface area contributed by atoms with Gasteiger partial charge in [-0.1, -0.05) is 6.07 Å². The number of nitrogens with zero attached hydrogens (tertiary/aromatic N) is 3. The lowest BCUT2D eigenvalue weighted by Gasteiger charge is -2.10. The Morgan fingerprint density at radius 2 is 1.95 bits per heavy atom. The van der Waals surface area contributed by atoms with Crippen molar-refractivity contribution in [2.75, 3.05) is 10.6 Å². The lowest BCUT2D eigenvalue weighted by Crippen LogP contribution is -2.20. The van der Waals surface area contributed by atoms with Crippen LogP contribution in [0.1, 0.15) is 11.4 Å². The molecule has 2 N–H and O–H groups in total. The highest BCUT2D eigenvalue weighted by atomic mass is 19.1. The first-order chi connectivity index (χ1) is 10.5. The number of hydrogen-bond donors (Lipinski definition) is 2. The van der Waals surface area contributed by atoms with Gasteiger partial charge in [0.25, 0.3) is 0 Å². The zero-order valence-electron chi connectivity index (χ0n) is 12.1. The van der Waals surface area contributed by atoms with E-state index in [1.54, 1.807) is 41.8 Å². The number of urea groups is 1. The summed E-state index contributed by atoms with van der Waals surface area (Å²) in [6.45, 7) is 3.43. The van der Waals surface area contributed by atoms with Gasteiger partial charge in [-0.3, -0.25) is 4.40 Å². The number of aryl methyl sites for hydroxylation is 1. The van der Waals surface area contributed by atoms with E-state index in [-0.39, 0.29) is 5.82 Å². The van der Waals surface area contributed by atoms with Crippen molar-refractivity contribution in [3.05, 3.63) is 53.7 Å². The Kier molecular flexibility index (Phi) is 3.46. The van der Waals surface area contributed by atoms with Crippen molar-refractivity contribution < 1.29 is 9.18 Å². The van der Waals surface area contributed by atoms with Gasteiger partial charge >= 0.3 is 6.03 Å². The molecule has 0 fully saturated rings. The van der Waals surface area contributed by atoms with E-state index in [0.29, 0.717) is 22.6 Å². The third kappa shape index (κ3) is 2.60. The van der Waals surface area contributed by atoms with Crippen molar-refractivity contribution in [3.63, 3.8) is 0 Å². The molecule has 2 amide bonds. The van der Waals surface area contributed by atoms with Gasteiger partial charge in [0.05, 0.1) is 5.69 Å². The van der Waals surface area contributed by atoms with Gasteiger partial charge in [-0.25, -0.2) is 9.18 Å². The summed E-state index contributed by atoms with van der Waals surface area (Å²) in [6.07, 6.45) is 1.72. The van der Waals surface area contributed by atoms with Crippen LogP contribution in [-0.4, -0.2) is 20.6 Å². The van der Waals surface area contributed by atoms with Gasteiger partial charge in [-0.2, -0.15) is 0 Å². The van der Waals surface area contributed by atoms with Crippen molar-refractivity contribution in [2.45, 2.75) is 13.8 Å². The predicted molar refractivity (Wildman–Crippen MR) is 81.5 cm³/mol. The molecule has 112 valence electrons. The number of carbonyl (C=O) groups excluding carboxylic acids is 1. The molecule has 0 saturated carbocycles. The summed E-state index contributed by atoms with van der Waals surface area (Å²) in [5.74, 6) is 0.361. The van der Waals surface area contributed by atoms with Crippen LogP contribution in [0.2, 0.25) is 0 Å². The lowest BCUT2D eigenvalue weighted by molar-refractivity contribution is 0.262. The number of nitrogens with one attached hydrogen (secondary N) is 2. The number of amides is 2. The van der Waals surface area contributed by atoms with Crippen LogP contribution in [-0.2, 0) is 0 Å². The Morgan fingerprint density at radius 1 is 1.14 bits per heavy atom. The van der Waals surface area contributed by atoms with E-state index >= 15 is 0 Å². The first-order valence-corrected chi connectivity index (χ1v) is 6.69. The smallest absolute Gasteiger partial charge is 0.307 e. The lowest BCUT2D eigenvalue weighted by atomic mass is 10.2. The molecule has 0 aliphatic rings. The second kappa shape index (κ2) is 5.44. The summed E-state index contributed by atoms with van der Waals surface area (Å²) in [6, 6.07) is 7.57. The second-order valence-electron chi connectivity index (χ2n) is 4.88. The molecule has 0 spiro atoms. The molecule has 0 aliphatic heterocycles. The minimum Gasteiger partial charge on any atom is -0.307 e. The number of carbonyl (C=O) groups is 1. The fraction of sp³-hybridized carbons (Fsp3) is 0.133. The van der Waals surface area contributed by atoms with Crippen LogP contribution >= 0.6 is 0 Å². The number of hydrogen-bond acceptors (Lipinski definition) is 3. The Hall–Kier alpha value is -2.96. The summed E-state index contributed by atoms with van der Waals surface area (Å²) >= 11 is 0. The molecule has 0 radical (unpaired) electrons. The minimum atomic E-state index is -0.446. The number of pyridine rings is 1. The van der Waals surface area contributed by atoms with Crippen LogP contribution < -0.4 is 10.6 Å². The Balaban J connectivity index is 1.78. The van der Waals surface area contributed by atoms with E-state index in [9.17, 15) is 9.18 Å². The quantitative estimate of drug-likeness (QED) is 0.763. The number of benzene rings is 1. The molecule has 22 heavy (non-hydrogen) atoms. The molecule has 0 unspecified atom stereocenters. The highest BCUT2D eigenvalue weighted by molar-refractivity contribution is 6.00. The van der Waals surface area contributed by atoms with Crippen molar-refractivity contribution in [1.82, 2.24) is 14.6 Å². The van der Waals surface area contributed by atoms with E-state index in [2.05, 4.69) is 20.8 Å². The molecule has 2 heterocycles. The van der Waals surface area contributed by atoms with Crippen LogP contribution in [0.5, 0.6) is 0 Å². The normalized spacial score (nSPS) is 10.7. The summed E-state index contributed by atoms with van der Waals surface area (Å²) in [5.41, 5.74) is 2.10. The van der Waals surface area contributed by atoms with Crippen LogP contribution in [0.25, 0.3) is 5.65 Å². The molecule has 3 rings (SSSR count). The maximum atomic E-state index is 13.5. The van der Waals surface area contributed by atoms with Crippen LogP contribution in [0, 0.1) is 19.7 Å². The van der Waals surface area contributed by atoms with E-state index in [1.165, 1.54) is 6.07 Å². The molecule has 1 aromatic carbocycles. The van der Waals surface area contributed by atoms with Gasteiger partial charge in [0.15, 0.2) is 5.65 Å². The molecule has 0 saturated heterocycles. The summed E-state index contributed by atoms with van der Waals surface area (Å²) < 4.78 is 15.2. The largest absolute Gasteiger partial charge is 0.323 e. The highest BCUT2D eigenvalue weighted by Crippen LogP contribution is 2.18. The van der Waals surface area contributed by atoms with Gasteiger partial charge in [-0.05, 0) is 38.1 Å². The Labute approximate surface area is 126 Å². The average molecular weight is 299 g/mol.